The topological polar surface area (TPSA) is 17.1 Å². The summed E-state index contributed by atoms with van der Waals surface area (Å²) in [4.78, 5) is 12.6. The molecule has 11 heteroatoms. The lowest BCUT2D eigenvalue weighted by Gasteiger charge is -2.36. The molecule has 0 spiro atoms. The quantitative estimate of drug-likeness (QED) is 0.433. The van der Waals surface area contributed by atoms with Crippen LogP contribution in [0.4, 0.5) is 35.1 Å². The molecule has 28 heavy (non-hydrogen) atoms. The van der Waals surface area contributed by atoms with Crippen molar-refractivity contribution in [3.05, 3.63) is 70.3 Å². The number of Topliss-reactive ketones (excluding diaryl/α,β-unsaturated/α-hetero) is 1. The van der Waals surface area contributed by atoms with E-state index < -0.39 is 63.9 Å². The molecule has 2 aliphatic rings. The van der Waals surface area contributed by atoms with E-state index in [0.29, 0.717) is 11.1 Å². The van der Waals surface area contributed by atoms with Crippen molar-refractivity contribution >= 4 is 29.0 Å². The summed E-state index contributed by atoms with van der Waals surface area (Å²) in [5, 5.41) is 0. The van der Waals surface area contributed by atoms with E-state index in [1.54, 1.807) is 0 Å². The maximum atomic E-state index is 15.0. The van der Waals surface area contributed by atoms with Crippen LogP contribution in [0.3, 0.4) is 0 Å². The standard InChI is InChI=1S/C17H8Cl2F8O/c18-3-1-16(26)7(5-9(20)11(22)14(16)24)13(28)8-6-10(21)12(23)15(25)17(8,27)2-4-19/h1-8H. The fraction of sp³-hybridized carbons (Fsp3) is 0.235. The highest BCUT2D eigenvalue weighted by atomic mass is 35.5. The molecule has 0 bridgehead atoms. The summed E-state index contributed by atoms with van der Waals surface area (Å²) in [5.74, 6) is -20.5. The molecule has 0 radical (unpaired) electrons. The van der Waals surface area contributed by atoms with Gasteiger partial charge in [-0.15, -0.1) is 0 Å². The van der Waals surface area contributed by atoms with Crippen molar-refractivity contribution in [2.75, 3.05) is 0 Å². The highest BCUT2D eigenvalue weighted by molar-refractivity contribution is 6.25. The minimum atomic E-state index is -3.73. The second kappa shape index (κ2) is 7.87. The van der Waals surface area contributed by atoms with E-state index in [0.717, 1.165) is 0 Å². The molecule has 0 amide bonds. The van der Waals surface area contributed by atoms with E-state index >= 15 is 8.78 Å². The number of carbonyl (C=O) groups excluding carboxylic acids is 1. The van der Waals surface area contributed by atoms with Crippen LogP contribution in [-0.4, -0.2) is 17.1 Å². The Labute approximate surface area is 163 Å². The van der Waals surface area contributed by atoms with Crippen LogP contribution >= 0.6 is 23.2 Å². The van der Waals surface area contributed by atoms with Crippen LogP contribution < -0.4 is 0 Å². The number of rotatable bonds is 4. The Morgan fingerprint density at radius 1 is 0.786 bits per heavy atom. The lowest BCUT2D eigenvalue weighted by Crippen LogP contribution is -2.47. The second-order valence-corrected chi connectivity index (χ2v) is 6.27. The van der Waals surface area contributed by atoms with E-state index in [4.69, 9.17) is 23.2 Å². The van der Waals surface area contributed by atoms with E-state index in [1.165, 1.54) is 0 Å². The molecule has 0 fully saturated rings. The minimum Gasteiger partial charge on any atom is -0.298 e. The first-order valence-corrected chi connectivity index (χ1v) is 8.17. The van der Waals surface area contributed by atoms with Gasteiger partial charge in [0.1, 0.15) is 0 Å². The molecule has 2 aliphatic carbocycles. The minimum absolute atomic E-state index is 0.0409. The predicted octanol–water partition coefficient (Wildman–Crippen LogP) is 6.74. The maximum Gasteiger partial charge on any atom is 0.197 e. The maximum absolute atomic E-state index is 15.0. The third-order valence-corrected chi connectivity index (χ3v) is 4.48. The Kier molecular flexibility index (Phi) is 6.30. The first kappa shape index (κ1) is 22.4. The van der Waals surface area contributed by atoms with E-state index in [9.17, 15) is 31.1 Å². The molecule has 0 aromatic carbocycles. The summed E-state index contributed by atoms with van der Waals surface area (Å²) in [5.41, 5.74) is -6.79. The van der Waals surface area contributed by atoms with Crippen molar-refractivity contribution < 1.29 is 39.9 Å². The summed E-state index contributed by atoms with van der Waals surface area (Å²) < 4.78 is 112. The van der Waals surface area contributed by atoms with Crippen LogP contribution in [0, 0.1) is 11.8 Å². The first-order chi connectivity index (χ1) is 13.0. The van der Waals surface area contributed by atoms with Crippen LogP contribution in [0.25, 0.3) is 0 Å². The van der Waals surface area contributed by atoms with Gasteiger partial charge in [-0.1, -0.05) is 23.2 Å². The van der Waals surface area contributed by atoms with Gasteiger partial charge in [0.2, 0.25) is 0 Å². The normalized spacial score (nSPS) is 34.4. The smallest absolute Gasteiger partial charge is 0.197 e. The summed E-state index contributed by atoms with van der Waals surface area (Å²) >= 11 is 10.3. The second-order valence-electron chi connectivity index (χ2n) is 5.76. The Bertz CT molecular complexity index is 818. The molecule has 0 aromatic heterocycles. The van der Waals surface area contributed by atoms with E-state index in [1.807, 2.05) is 0 Å². The molecule has 0 N–H and O–H groups in total. The lowest BCUT2D eigenvalue weighted by molar-refractivity contribution is -0.130. The van der Waals surface area contributed by atoms with Crippen molar-refractivity contribution in [1.82, 2.24) is 0 Å². The zero-order chi connectivity index (χ0) is 21.4. The Morgan fingerprint density at radius 3 is 1.39 bits per heavy atom. The van der Waals surface area contributed by atoms with E-state index in [2.05, 4.69) is 0 Å². The lowest BCUT2D eigenvalue weighted by atomic mass is 9.71. The van der Waals surface area contributed by atoms with Crippen molar-refractivity contribution in [3.8, 4) is 0 Å². The average Bonchev–Trinajstić information content (AvgIpc) is 2.64. The van der Waals surface area contributed by atoms with Crippen LogP contribution in [0.1, 0.15) is 0 Å². The molecule has 0 heterocycles. The molecule has 0 aliphatic heterocycles. The molecule has 2 rings (SSSR count). The third kappa shape index (κ3) is 3.34. The Hall–Kier alpha value is -1.87. The molecule has 152 valence electrons. The molecular weight excluding hydrogens is 443 g/mol. The van der Waals surface area contributed by atoms with Crippen molar-refractivity contribution in [2.24, 2.45) is 11.8 Å². The number of carbonyl (C=O) groups is 1. The van der Waals surface area contributed by atoms with Crippen LogP contribution in [0.15, 0.2) is 70.3 Å². The van der Waals surface area contributed by atoms with E-state index in [-0.39, 0.29) is 24.3 Å². The molecule has 1 nitrogen and oxygen atoms in total. The van der Waals surface area contributed by atoms with Gasteiger partial charge in [0.25, 0.3) is 0 Å². The van der Waals surface area contributed by atoms with Crippen LogP contribution in [0.2, 0.25) is 0 Å². The number of ketones is 1. The molecule has 0 aromatic rings. The van der Waals surface area contributed by atoms with Crippen molar-refractivity contribution in [1.29, 1.82) is 0 Å². The summed E-state index contributed by atoms with van der Waals surface area (Å²) in [6.45, 7) is 0. The SMILES string of the molecule is O=C(C1C=C(F)C(F)=C(F)C1(F)C=CCl)C1C=C(F)C(F)=C(F)C1(F)C=CCl. The average molecular weight is 451 g/mol. The first-order valence-electron chi connectivity index (χ1n) is 7.30. The predicted molar refractivity (Wildman–Crippen MR) is 86.5 cm³/mol. The van der Waals surface area contributed by atoms with Gasteiger partial charge in [-0.2, -0.15) is 0 Å². The highest BCUT2D eigenvalue weighted by Crippen LogP contribution is 2.49. The van der Waals surface area contributed by atoms with Crippen molar-refractivity contribution in [3.63, 3.8) is 0 Å². The zero-order valence-corrected chi connectivity index (χ0v) is 14.8. The summed E-state index contributed by atoms with van der Waals surface area (Å²) in [7, 11) is 0. The Balaban J connectivity index is 2.66. The molecule has 4 atom stereocenters. The number of halogens is 10. The number of alkyl halides is 2. The highest BCUT2D eigenvalue weighted by Gasteiger charge is 2.57. The number of hydrogen-bond acceptors (Lipinski definition) is 1. The Morgan fingerprint density at radius 2 is 1.11 bits per heavy atom. The van der Waals surface area contributed by atoms with Gasteiger partial charge in [-0.3, -0.25) is 4.79 Å². The fourth-order valence-corrected chi connectivity index (χ4v) is 3.18. The summed E-state index contributed by atoms with van der Waals surface area (Å²) in [6.07, 6.45) is 0.172. The molecule has 0 saturated heterocycles. The fourth-order valence-electron chi connectivity index (χ4n) is 2.81. The van der Waals surface area contributed by atoms with Gasteiger partial charge < -0.3 is 0 Å². The van der Waals surface area contributed by atoms with Gasteiger partial charge in [0, 0.05) is 11.1 Å². The summed E-state index contributed by atoms with van der Waals surface area (Å²) in [6, 6.07) is 0. The molecule has 0 saturated carbocycles. The van der Waals surface area contributed by atoms with Crippen LogP contribution in [0.5, 0.6) is 0 Å². The molecular formula is C17H8Cl2F8O. The van der Waals surface area contributed by atoms with Crippen LogP contribution in [-0.2, 0) is 4.79 Å². The number of hydrogen-bond donors (Lipinski definition) is 0. The van der Waals surface area contributed by atoms with Gasteiger partial charge in [-0.25, -0.2) is 35.1 Å². The number of allylic oxidation sites excluding steroid dienone is 10. The zero-order valence-electron chi connectivity index (χ0n) is 13.3. The van der Waals surface area contributed by atoms with Gasteiger partial charge >= 0.3 is 0 Å². The van der Waals surface area contributed by atoms with Gasteiger partial charge in [0.15, 0.2) is 52.1 Å². The third-order valence-electron chi connectivity index (χ3n) is 4.23. The molecule has 4 unspecified atom stereocenters. The monoisotopic (exact) mass is 450 g/mol. The van der Waals surface area contributed by atoms with Gasteiger partial charge in [-0.05, 0) is 24.3 Å². The largest absolute Gasteiger partial charge is 0.298 e. The van der Waals surface area contributed by atoms with Crippen molar-refractivity contribution in [2.45, 2.75) is 11.3 Å². The van der Waals surface area contributed by atoms with Gasteiger partial charge in [0.05, 0.1) is 11.8 Å².